The largest absolute Gasteiger partial charge is 0.456 e. The third-order valence-electron chi connectivity index (χ3n) is 9.21. The van der Waals surface area contributed by atoms with Gasteiger partial charge in [0.25, 0.3) is 0 Å². The number of benzene rings is 7. The molecule has 224 valence electrons. The molecule has 10 aromatic rings. The molecule has 5 heteroatoms. The van der Waals surface area contributed by atoms with Crippen LogP contribution in [-0.4, -0.2) is 19.5 Å². The Labute approximate surface area is 275 Å². The number of hydrogen-bond donors (Lipinski definition) is 0. The molecule has 3 aromatic heterocycles. The van der Waals surface area contributed by atoms with Crippen LogP contribution in [0.25, 0.3) is 94.4 Å². The number of fused-ring (bicyclic) bond motifs is 7. The molecule has 0 N–H and O–H groups in total. The van der Waals surface area contributed by atoms with E-state index in [9.17, 15) is 0 Å². The van der Waals surface area contributed by atoms with Gasteiger partial charge in [-0.3, -0.25) is 0 Å². The predicted octanol–water partition coefficient (Wildman–Crippen LogP) is 11.0. The number of rotatable bonds is 4. The standard InChI is InChI=1S/C43H26N4O/c1-3-11-27(12-4-1)41-44-42(28-13-5-2-6-14-28)46-43(45-41)29-19-21-32(22-20-29)47-37-24-31-16-8-7-15-30(31)23-34(37)35-26-40-36(25-38(35)47)33-17-9-10-18-39(33)48-40/h1-26H. The summed E-state index contributed by atoms with van der Waals surface area (Å²) in [6, 6.07) is 54.5. The molecule has 3 heterocycles. The first-order chi connectivity index (χ1) is 23.8. The maximum absolute atomic E-state index is 6.33. The van der Waals surface area contributed by atoms with Crippen molar-refractivity contribution in [2.45, 2.75) is 0 Å². The van der Waals surface area contributed by atoms with Gasteiger partial charge in [0, 0.05) is 43.9 Å². The van der Waals surface area contributed by atoms with E-state index < -0.39 is 0 Å². The van der Waals surface area contributed by atoms with Gasteiger partial charge in [0.05, 0.1) is 11.0 Å². The third-order valence-corrected chi connectivity index (χ3v) is 9.21. The minimum atomic E-state index is 0.633. The maximum atomic E-state index is 6.33. The number of para-hydroxylation sites is 1. The molecule has 0 atom stereocenters. The van der Waals surface area contributed by atoms with Crippen molar-refractivity contribution < 1.29 is 4.42 Å². The van der Waals surface area contributed by atoms with Crippen LogP contribution in [0.4, 0.5) is 0 Å². The van der Waals surface area contributed by atoms with Crippen LogP contribution in [-0.2, 0) is 0 Å². The summed E-state index contributed by atoms with van der Waals surface area (Å²) >= 11 is 0. The van der Waals surface area contributed by atoms with Crippen LogP contribution in [0, 0.1) is 0 Å². The quantitative estimate of drug-likeness (QED) is 0.198. The zero-order chi connectivity index (χ0) is 31.6. The Bertz CT molecular complexity index is 2760. The second-order valence-electron chi connectivity index (χ2n) is 12.1. The molecule has 7 aromatic carbocycles. The minimum Gasteiger partial charge on any atom is -0.456 e. The second kappa shape index (κ2) is 10.5. The lowest BCUT2D eigenvalue weighted by Crippen LogP contribution is -2.00. The zero-order valence-electron chi connectivity index (χ0n) is 25.7. The summed E-state index contributed by atoms with van der Waals surface area (Å²) in [6.07, 6.45) is 0. The number of nitrogens with zero attached hydrogens (tertiary/aromatic N) is 4. The molecule has 48 heavy (non-hydrogen) atoms. The lowest BCUT2D eigenvalue weighted by atomic mass is 10.1. The lowest BCUT2D eigenvalue weighted by Gasteiger charge is -2.11. The third kappa shape index (κ3) is 4.22. The van der Waals surface area contributed by atoms with Gasteiger partial charge in [-0.1, -0.05) is 103 Å². The molecule has 0 bridgehead atoms. The Morgan fingerprint density at radius 1 is 0.375 bits per heavy atom. The van der Waals surface area contributed by atoms with Gasteiger partial charge in [0.2, 0.25) is 0 Å². The molecular weight excluding hydrogens is 589 g/mol. The Balaban J connectivity index is 1.18. The van der Waals surface area contributed by atoms with Crippen molar-refractivity contribution in [3.8, 4) is 39.9 Å². The average Bonchev–Trinajstić information content (AvgIpc) is 3.67. The monoisotopic (exact) mass is 614 g/mol. The average molecular weight is 615 g/mol. The van der Waals surface area contributed by atoms with Gasteiger partial charge in [-0.15, -0.1) is 0 Å². The van der Waals surface area contributed by atoms with Crippen LogP contribution in [0.2, 0.25) is 0 Å². The second-order valence-corrected chi connectivity index (χ2v) is 12.1. The maximum Gasteiger partial charge on any atom is 0.164 e. The predicted molar refractivity (Wildman–Crippen MR) is 195 cm³/mol. The van der Waals surface area contributed by atoms with Gasteiger partial charge in [-0.05, 0) is 65.4 Å². The highest BCUT2D eigenvalue weighted by atomic mass is 16.3. The van der Waals surface area contributed by atoms with Crippen molar-refractivity contribution in [3.05, 3.63) is 158 Å². The number of furan rings is 1. The molecule has 0 amide bonds. The van der Waals surface area contributed by atoms with Crippen molar-refractivity contribution in [1.29, 1.82) is 0 Å². The van der Waals surface area contributed by atoms with Crippen molar-refractivity contribution in [2.24, 2.45) is 0 Å². The van der Waals surface area contributed by atoms with Gasteiger partial charge in [-0.2, -0.15) is 0 Å². The SMILES string of the molecule is c1ccc(-c2nc(-c3ccccc3)nc(-c3ccc(-n4c5cc6ccccc6cc5c5cc6oc7ccccc7c6cc54)cc3)n2)cc1. The van der Waals surface area contributed by atoms with Gasteiger partial charge >= 0.3 is 0 Å². The number of aromatic nitrogens is 4. The molecule has 0 unspecified atom stereocenters. The highest BCUT2D eigenvalue weighted by Crippen LogP contribution is 2.40. The fraction of sp³-hybridized carbons (Fsp3) is 0. The first-order valence-electron chi connectivity index (χ1n) is 16.0. The summed E-state index contributed by atoms with van der Waals surface area (Å²) in [5.41, 5.74) is 7.94. The molecule has 0 fully saturated rings. The van der Waals surface area contributed by atoms with E-state index in [1.807, 2.05) is 72.8 Å². The first-order valence-corrected chi connectivity index (χ1v) is 16.0. The van der Waals surface area contributed by atoms with Crippen molar-refractivity contribution >= 4 is 54.5 Å². The Morgan fingerprint density at radius 3 is 1.56 bits per heavy atom. The highest BCUT2D eigenvalue weighted by molar-refractivity contribution is 6.19. The summed E-state index contributed by atoms with van der Waals surface area (Å²) in [5, 5.41) is 6.98. The fourth-order valence-electron chi connectivity index (χ4n) is 6.89. The molecule has 0 saturated carbocycles. The molecule has 0 radical (unpaired) electrons. The van der Waals surface area contributed by atoms with Crippen molar-refractivity contribution in [2.75, 3.05) is 0 Å². The number of hydrogen-bond acceptors (Lipinski definition) is 4. The van der Waals surface area contributed by atoms with E-state index in [2.05, 4.69) is 89.5 Å². The lowest BCUT2D eigenvalue weighted by molar-refractivity contribution is 0.669. The van der Waals surface area contributed by atoms with E-state index in [-0.39, 0.29) is 0 Å². The van der Waals surface area contributed by atoms with Crippen LogP contribution in [0.1, 0.15) is 0 Å². The normalized spacial score (nSPS) is 11.8. The van der Waals surface area contributed by atoms with Gasteiger partial charge < -0.3 is 8.98 Å². The van der Waals surface area contributed by atoms with Crippen molar-refractivity contribution in [1.82, 2.24) is 19.5 Å². The van der Waals surface area contributed by atoms with E-state index in [1.165, 1.54) is 16.2 Å². The molecule has 0 aliphatic heterocycles. The van der Waals surface area contributed by atoms with Crippen molar-refractivity contribution in [3.63, 3.8) is 0 Å². The topological polar surface area (TPSA) is 56.7 Å². The summed E-state index contributed by atoms with van der Waals surface area (Å²) in [4.78, 5) is 14.7. The van der Waals surface area contributed by atoms with E-state index >= 15 is 0 Å². The van der Waals surface area contributed by atoms with Gasteiger partial charge in [-0.25, -0.2) is 15.0 Å². The van der Waals surface area contributed by atoms with Crippen LogP contribution < -0.4 is 0 Å². The van der Waals surface area contributed by atoms with Crippen LogP contribution >= 0.6 is 0 Å². The molecule has 10 rings (SSSR count). The van der Waals surface area contributed by atoms with Crippen LogP contribution in [0.5, 0.6) is 0 Å². The molecule has 0 aliphatic rings. The van der Waals surface area contributed by atoms with Crippen LogP contribution in [0.15, 0.2) is 162 Å². The molecule has 5 nitrogen and oxygen atoms in total. The zero-order valence-corrected chi connectivity index (χ0v) is 25.7. The summed E-state index contributed by atoms with van der Waals surface area (Å²) in [7, 11) is 0. The Kier molecular flexibility index (Phi) is 5.81. The smallest absolute Gasteiger partial charge is 0.164 e. The molecule has 0 saturated heterocycles. The van der Waals surface area contributed by atoms with Gasteiger partial charge in [0.15, 0.2) is 17.5 Å². The fourth-order valence-corrected chi connectivity index (χ4v) is 6.89. The summed E-state index contributed by atoms with van der Waals surface area (Å²) in [6.45, 7) is 0. The van der Waals surface area contributed by atoms with E-state index in [0.29, 0.717) is 17.5 Å². The summed E-state index contributed by atoms with van der Waals surface area (Å²) in [5.74, 6) is 1.93. The minimum absolute atomic E-state index is 0.633. The molecule has 0 aliphatic carbocycles. The Hall–Kier alpha value is -6.59. The highest BCUT2D eigenvalue weighted by Gasteiger charge is 2.18. The molecule has 0 spiro atoms. The molecular formula is C43H26N4O. The van der Waals surface area contributed by atoms with Crippen LogP contribution in [0.3, 0.4) is 0 Å². The summed E-state index contributed by atoms with van der Waals surface area (Å²) < 4.78 is 8.69. The Morgan fingerprint density at radius 2 is 0.896 bits per heavy atom. The van der Waals surface area contributed by atoms with E-state index in [1.54, 1.807) is 0 Å². The first kappa shape index (κ1) is 26.6. The van der Waals surface area contributed by atoms with E-state index in [0.717, 1.165) is 60.7 Å². The van der Waals surface area contributed by atoms with E-state index in [4.69, 9.17) is 19.4 Å². The van der Waals surface area contributed by atoms with Gasteiger partial charge in [0.1, 0.15) is 11.2 Å².